The predicted octanol–water partition coefficient (Wildman–Crippen LogP) is 6.87. The molecule has 210 valence electrons. The number of carboxylic acid groups (broad SMARTS) is 2. The van der Waals surface area contributed by atoms with Crippen molar-refractivity contribution in [1.29, 1.82) is 0 Å². The molecule has 5 nitrogen and oxygen atoms in total. The first-order valence-electron chi connectivity index (χ1n) is 15.1. The second kappa shape index (κ2) is 7.98. The summed E-state index contributed by atoms with van der Waals surface area (Å²) in [6.45, 7) is 18.3. The summed E-state index contributed by atoms with van der Waals surface area (Å²) in [7, 11) is 0. The van der Waals surface area contributed by atoms with Gasteiger partial charge < -0.3 is 15.3 Å². The van der Waals surface area contributed by atoms with Gasteiger partial charge in [0.1, 0.15) is 0 Å². The van der Waals surface area contributed by atoms with Crippen LogP contribution in [0, 0.1) is 68.5 Å². The summed E-state index contributed by atoms with van der Waals surface area (Å²) in [5.41, 5.74) is -3.41. The van der Waals surface area contributed by atoms with E-state index in [1.165, 1.54) is 12.8 Å². The van der Waals surface area contributed by atoms with E-state index in [1.54, 1.807) is 0 Å². The highest BCUT2D eigenvalue weighted by atomic mass is 16.4. The molecule has 5 rings (SSSR count). The Morgan fingerprint density at radius 3 is 2.00 bits per heavy atom. The third kappa shape index (κ3) is 3.13. The Balaban J connectivity index is 1.71. The summed E-state index contributed by atoms with van der Waals surface area (Å²) in [6, 6.07) is 0. The second-order valence-corrected chi connectivity index (χ2v) is 16.1. The van der Waals surface area contributed by atoms with Crippen LogP contribution in [0.2, 0.25) is 0 Å². The van der Waals surface area contributed by atoms with Crippen LogP contribution in [0.25, 0.3) is 0 Å². The Hall–Kier alpha value is -1.10. The van der Waals surface area contributed by atoms with E-state index in [9.17, 15) is 24.9 Å². The van der Waals surface area contributed by atoms with Gasteiger partial charge in [0.15, 0.2) is 5.60 Å². The lowest BCUT2D eigenvalue weighted by Crippen LogP contribution is -2.75. The summed E-state index contributed by atoms with van der Waals surface area (Å²) in [6.07, 6.45) is 7.76. The smallest absolute Gasteiger partial charge is 0.336 e. The number of aliphatic carboxylic acids is 2. The van der Waals surface area contributed by atoms with Crippen molar-refractivity contribution < 1.29 is 24.9 Å². The molecular weight excluding hydrogens is 464 g/mol. The number of rotatable bonds is 2. The molecule has 0 aromatic carbocycles. The fourth-order valence-corrected chi connectivity index (χ4v) is 12.3. The minimum absolute atomic E-state index is 0.151. The Morgan fingerprint density at radius 2 is 1.41 bits per heavy atom. The molecule has 5 aliphatic carbocycles. The van der Waals surface area contributed by atoms with Crippen molar-refractivity contribution in [2.24, 2.45) is 68.5 Å². The molecular formula is C32H52O5. The van der Waals surface area contributed by atoms with Crippen LogP contribution in [0.15, 0.2) is 0 Å². The fraction of sp³-hybridized carbons (Fsp3) is 0.938. The van der Waals surface area contributed by atoms with Gasteiger partial charge in [0.25, 0.3) is 0 Å². The van der Waals surface area contributed by atoms with Crippen LogP contribution >= 0.6 is 0 Å². The van der Waals surface area contributed by atoms with Gasteiger partial charge in [-0.3, -0.25) is 4.79 Å². The van der Waals surface area contributed by atoms with Crippen molar-refractivity contribution in [2.45, 2.75) is 119 Å². The molecule has 12 atom stereocenters. The zero-order valence-electron chi connectivity index (χ0n) is 24.6. The molecule has 0 amide bonds. The Morgan fingerprint density at radius 1 is 0.757 bits per heavy atom. The zero-order valence-corrected chi connectivity index (χ0v) is 24.6. The Bertz CT molecular complexity index is 990. The molecule has 0 spiro atoms. The van der Waals surface area contributed by atoms with E-state index < -0.39 is 34.3 Å². The van der Waals surface area contributed by atoms with Crippen molar-refractivity contribution in [1.82, 2.24) is 0 Å². The Kier molecular flexibility index (Phi) is 5.92. The van der Waals surface area contributed by atoms with E-state index in [-0.39, 0.29) is 29.1 Å². The number of hydrogen-bond donors (Lipinski definition) is 3. The van der Waals surface area contributed by atoms with Gasteiger partial charge >= 0.3 is 11.9 Å². The molecule has 0 bridgehead atoms. The van der Waals surface area contributed by atoms with Crippen LogP contribution in [0.1, 0.15) is 113 Å². The van der Waals surface area contributed by atoms with Crippen molar-refractivity contribution in [3.05, 3.63) is 0 Å². The lowest BCUT2D eigenvalue weighted by molar-refractivity contribution is -0.305. The van der Waals surface area contributed by atoms with E-state index in [1.807, 2.05) is 6.92 Å². The van der Waals surface area contributed by atoms with Gasteiger partial charge in [-0.25, -0.2) is 4.79 Å². The molecule has 0 radical (unpaired) electrons. The molecule has 5 saturated carbocycles. The van der Waals surface area contributed by atoms with E-state index in [4.69, 9.17) is 0 Å². The maximum absolute atomic E-state index is 13.2. The standard InChI is InChI=1S/C32H52O5/c1-18-11-12-28(5)14-15-29(6)20(24(28)19(18)2)9-10-22-30(29,7)21(25(33)34)17-23-27(3,4)13-16-32(37,26(35)36)31(22,23)8/h18-24,37H,9-17H2,1-8H3,(H,33,34)(H,35,36)/t18-,19+,20-,21?,22+,23+,24+,28-,29-,30-,31-,32?/m1/s1. The molecule has 0 aromatic heterocycles. The van der Waals surface area contributed by atoms with E-state index in [0.717, 1.165) is 25.7 Å². The third-order valence-corrected chi connectivity index (χ3v) is 14.9. The largest absolute Gasteiger partial charge is 0.481 e. The number of fused-ring (bicyclic) bond motifs is 7. The summed E-state index contributed by atoms with van der Waals surface area (Å²) in [4.78, 5) is 26.0. The van der Waals surface area contributed by atoms with Gasteiger partial charge in [0, 0.05) is 5.41 Å². The first-order valence-corrected chi connectivity index (χ1v) is 15.1. The molecule has 2 unspecified atom stereocenters. The molecule has 37 heavy (non-hydrogen) atoms. The van der Waals surface area contributed by atoms with Gasteiger partial charge in [-0.15, -0.1) is 0 Å². The summed E-state index contributed by atoms with van der Waals surface area (Å²) in [5.74, 6) is -0.414. The number of hydrogen-bond acceptors (Lipinski definition) is 3. The molecule has 5 heteroatoms. The molecule has 0 aromatic rings. The lowest BCUT2D eigenvalue weighted by atomic mass is 9.28. The Labute approximate surface area is 224 Å². The van der Waals surface area contributed by atoms with Crippen LogP contribution in [0.4, 0.5) is 0 Å². The minimum Gasteiger partial charge on any atom is -0.481 e. The number of carbonyl (C=O) groups is 2. The highest BCUT2D eigenvalue weighted by molar-refractivity contribution is 5.79. The maximum atomic E-state index is 13.2. The summed E-state index contributed by atoms with van der Waals surface area (Å²) in [5, 5.41) is 33.4. The second-order valence-electron chi connectivity index (χ2n) is 16.1. The van der Waals surface area contributed by atoms with Crippen molar-refractivity contribution in [3.63, 3.8) is 0 Å². The molecule has 0 saturated heterocycles. The van der Waals surface area contributed by atoms with Gasteiger partial charge in [0.05, 0.1) is 5.92 Å². The number of aliphatic hydroxyl groups is 1. The van der Waals surface area contributed by atoms with Gasteiger partial charge in [-0.05, 0) is 115 Å². The molecule has 0 aliphatic heterocycles. The van der Waals surface area contributed by atoms with Crippen molar-refractivity contribution in [2.75, 3.05) is 0 Å². The fourth-order valence-electron chi connectivity index (χ4n) is 12.3. The van der Waals surface area contributed by atoms with Crippen molar-refractivity contribution in [3.8, 4) is 0 Å². The van der Waals surface area contributed by atoms with E-state index in [2.05, 4.69) is 48.5 Å². The van der Waals surface area contributed by atoms with Crippen LogP contribution < -0.4 is 0 Å². The van der Waals surface area contributed by atoms with Gasteiger partial charge in [-0.2, -0.15) is 0 Å². The zero-order chi connectivity index (χ0) is 27.6. The average Bonchev–Trinajstić information content (AvgIpc) is 2.80. The molecule has 3 N–H and O–H groups in total. The SMILES string of the molecule is C[C@@H]1[C@H]2[C@H]3CC[C@@H]4[C@]5(C)[C@@H](CC(C(=O)O)[C@@]4(C)[C@]3(C)CC[C@@]2(C)CC[C@H]1C)C(C)(C)CCC5(O)C(=O)O. The van der Waals surface area contributed by atoms with Crippen LogP contribution in [-0.2, 0) is 9.59 Å². The highest BCUT2D eigenvalue weighted by Gasteiger charge is 2.77. The summed E-state index contributed by atoms with van der Waals surface area (Å²) >= 11 is 0. The third-order valence-electron chi connectivity index (χ3n) is 14.9. The van der Waals surface area contributed by atoms with E-state index in [0.29, 0.717) is 41.9 Å². The monoisotopic (exact) mass is 516 g/mol. The van der Waals surface area contributed by atoms with Crippen LogP contribution in [0.3, 0.4) is 0 Å². The van der Waals surface area contributed by atoms with Gasteiger partial charge in [0.2, 0.25) is 0 Å². The average molecular weight is 517 g/mol. The van der Waals surface area contributed by atoms with Crippen molar-refractivity contribution >= 4 is 11.9 Å². The van der Waals surface area contributed by atoms with Crippen LogP contribution in [0.5, 0.6) is 0 Å². The molecule has 5 fully saturated rings. The molecule has 0 heterocycles. The predicted molar refractivity (Wildman–Crippen MR) is 144 cm³/mol. The van der Waals surface area contributed by atoms with E-state index >= 15 is 0 Å². The summed E-state index contributed by atoms with van der Waals surface area (Å²) < 4.78 is 0. The number of carboxylic acids is 2. The molecule has 5 aliphatic rings. The quantitative estimate of drug-likeness (QED) is 0.372. The minimum atomic E-state index is -1.83. The van der Waals surface area contributed by atoms with Gasteiger partial charge in [-0.1, -0.05) is 55.4 Å². The first-order chi connectivity index (χ1) is 16.9. The first kappa shape index (κ1) is 27.5. The highest BCUT2D eigenvalue weighted by Crippen LogP contribution is 2.79. The maximum Gasteiger partial charge on any atom is 0.336 e. The lowest BCUT2D eigenvalue weighted by Gasteiger charge is -2.76. The normalized spacial score (nSPS) is 56.7. The van der Waals surface area contributed by atoms with Crippen LogP contribution in [-0.4, -0.2) is 32.9 Å². The topological polar surface area (TPSA) is 94.8 Å².